The fourth-order valence-electron chi connectivity index (χ4n) is 0.591. The standard InChI is InChI=1S/C6H11ClNO3P/c1-4-10-12(9,11-5-2)6(7)8-3/h6H,4-5H2,1-2H3. The number of halogens is 1. The molecule has 0 aliphatic carbocycles. The maximum atomic E-state index is 11.6. The van der Waals surface area contributed by atoms with Crippen molar-refractivity contribution in [3.63, 3.8) is 0 Å². The second-order valence-electron chi connectivity index (χ2n) is 1.82. The molecule has 0 aromatic carbocycles. The molecule has 0 amide bonds. The minimum absolute atomic E-state index is 0.218. The molecule has 0 spiro atoms. The normalized spacial score (nSPS) is 13.8. The Morgan fingerprint density at radius 1 is 1.50 bits per heavy atom. The summed E-state index contributed by atoms with van der Waals surface area (Å²) in [4.78, 5) is 2.90. The van der Waals surface area contributed by atoms with Crippen molar-refractivity contribution in [3.8, 4) is 0 Å². The third-order valence-electron chi connectivity index (χ3n) is 0.986. The Balaban J connectivity index is 4.40. The van der Waals surface area contributed by atoms with Gasteiger partial charge in [0.15, 0.2) is 0 Å². The van der Waals surface area contributed by atoms with E-state index in [-0.39, 0.29) is 13.2 Å². The summed E-state index contributed by atoms with van der Waals surface area (Å²) in [5.74, 6) is 0. The first kappa shape index (κ1) is 11.9. The van der Waals surface area contributed by atoms with E-state index in [1.807, 2.05) is 0 Å². The molecule has 0 saturated carbocycles. The monoisotopic (exact) mass is 211 g/mol. The molecule has 0 heterocycles. The van der Waals surface area contributed by atoms with E-state index in [1.165, 1.54) is 0 Å². The van der Waals surface area contributed by atoms with E-state index in [1.54, 1.807) is 13.8 Å². The lowest BCUT2D eigenvalue weighted by Gasteiger charge is -2.13. The molecule has 6 heteroatoms. The molecule has 70 valence electrons. The third kappa shape index (κ3) is 3.12. The van der Waals surface area contributed by atoms with E-state index in [9.17, 15) is 4.57 Å². The predicted octanol–water partition coefficient (Wildman–Crippen LogP) is 2.69. The lowest BCUT2D eigenvalue weighted by Crippen LogP contribution is -2.03. The van der Waals surface area contributed by atoms with Crippen LogP contribution in [-0.2, 0) is 13.6 Å². The van der Waals surface area contributed by atoms with Crippen LogP contribution in [-0.4, -0.2) is 18.5 Å². The minimum Gasteiger partial charge on any atom is -0.302 e. The van der Waals surface area contributed by atoms with E-state index in [0.29, 0.717) is 0 Å². The molecule has 12 heavy (non-hydrogen) atoms. The molecule has 0 aliphatic heterocycles. The molecule has 0 radical (unpaired) electrons. The molecule has 0 bridgehead atoms. The van der Waals surface area contributed by atoms with Crippen molar-refractivity contribution in [2.24, 2.45) is 0 Å². The Morgan fingerprint density at radius 2 is 1.92 bits per heavy atom. The largest absolute Gasteiger partial charge is 0.429 e. The number of nitrogens with zero attached hydrogens (tertiary/aromatic N) is 1. The molecular weight excluding hydrogens is 200 g/mol. The third-order valence-corrected chi connectivity index (χ3v) is 3.67. The summed E-state index contributed by atoms with van der Waals surface area (Å²) in [6, 6.07) is 0. The summed E-state index contributed by atoms with van der Waals surface area (Å²) in [5.41, 5.74) is 0. The average molecular weight is 212 g/mol. The molecule has 0 aliphatic rings. The van der Waals surface area contributed by atoms with Gasteiger partial charge in [0.1, 0.15) is 0 Å². The molecule has 0 aromatic heterocycles. The van der Waals surface area contributed by atoms with Gasteiger partial charge in [-0.1, -0.05) is 0 Å². The van der Waals surface area contributed by atoms with Crippen LogP contribution in [0.1, 0.15) is 13.8 Å². The summed E-state index contributed by atoms with van der Waals surface area (Å²) < 4.78 is 21.2. The van der Waals surface area contributed by atoms with Crippen molar-refractivity contribution in [2.75, 3.05) is 13.2 Å². The van der Waals surface area contributed by atoms with Crippen LogP contribution in [0.2, 0.25) is 0 Å². The van der Waals surface area contributed by atoms with Crippen LogP contribution < -0.4 is 0 Å². The fourth-order valence-corrected chi connectivity index (χ4v) is 2.11. The molecule has 1 unspecified atom stereocenters. The SMILES string of the molecule is [C-]#[N+]C(Cl)P(=O)(OCC)OCC. The molecular formula is C6H11ClNO3P. The van der Waals surface area contributed by atoms with Crippen LogP contribution in [0.5, 0.6) is 0 Å². The number of hydrogen-bond acceptors (Lipinski definition) is 3. The minimum atomic E-state index is -3.40. The van der Waals surface area contributed by atoms with Gasteiger partial charge in [-0.05, 0) is 25.4 Å². The molecule has 0 fully saturated rings. The number of hydrogen-bond donors (Lipinski definition) is 0. The van der Waals surface area contributed by atoms with Crippen LogP contribution in [0.3, 0.4) is 0 Å². The van der Waals surface area contributed by atoms with Gasteiger partial charge in [0, 0.05) is 0 Å². The van der Waals surface area contributed by atoms with Crippen molar-refractivity contribution in [1.82, 2.24) is 0 Å². The van der Waals surface area contributed by atoms with Gasteiger partial charge in [0.05, 0.1) is 13.2 Å². The second-order valence-corrected chi connectivity index (χ2v) is 4.62. The highest BCUT2D eigenvalue weighted by Crippen LogP contribution is 2.55. The Kier molecular flexibility index (Phi) is 5.52. The van der Waals surface area contributed by atoms with Crippen molar-refractivity contribution in [3.05, 3.63) is 11.4 Å². The van der Waals surface area contributed by atoms with Crippen LogP contribution >= 0.6 is 19.2 Å². The zero-order valence-corrected chi connectivity index (χ0v) is 8.64. The summed E-state index contributed by atoms with van der Waals surface area (Å²) in [5, 5.41) is -1.24. The van der Waals surface area contributed by atoms with E-state index in [0.717, 1.165) is 0 Å². The van der Waals surface area contributed by atoms with Crippen LogP contribution in [0.4, 0.5) is 0 Å². The van der Waals surface area contributed by atoms with Gasteiger partial charge in [-0.25, -0.2) is 11.1 Å². The highest BCUT2D eigenvalue weighted by Gasteiger charge is 2.39. The van der Waals surface area contributed by atoms with E-state index >= 15 is 0 Å². The topological polar surface area (TPSA) is 39.9 Å². The van der Waals surface area contributed by atoms with Crippen molar-refractivity contribution >= 4 is 19.2 Å². The molecule has 0 N–H and O–H groups in total. The zero-order valence-electron chi connectivity index (χ0n) is 6.99. The smallest absolute Gasteiger partial charge is 0.302 e. The summed E-state index contributed by atoms with van der Waals surface area (Å²) in [6.45, 7) is 10.4. The Hall–Kier alpha value is -0.0700. The highest BCUT2D eigenvalue weighted by atomic mass is 35.5. The van der Waals surface area contributed by atoms with Gasteiger partial charge in [-0.3, -0.25) is 4.85 Å². The summed E-state index contributed by atoms with van der Waals surface area (Å²) in [6.07, 6.45) is 0. The van der Waals surface area contributed by atoms with Gasteiger partial charge in [0.2, 0.25) is 0 Å². The first-order valence-corrected chi connectivity index (χ1v) is 5.55. The lowest BCUT2D eigenvalue weighted by atomic mass is 10.9. The molecule has 1 atom stereocenters. The van der Waals surface area contributed by atoms with Crippen molar-refractivity contribution in [2.45, 2.75) is 19.1 Å². The summed E-state index contributed by atoms with van der Waals surface area (Å²) in [7, 11) is -3.40. The first-order valence-electron chi connectivity index (χ1n) is 3.50. The Bertz CT molecular complexity index is 205. The lowest BCUT2D eigenvalue weighted by molar-refractivity contribution is 0.220. The van der Waals surface area contributed by atoms with Gasteiger partial charge >= 0.3 is 12.8 Å². The van der Waals surface area contributed by atoms with Gasteiger partial charge in [0.25, 0.3) is 0 Å². The fraction of sp³-hybridized carbons (Fsp3) is 0.833. The zero-order chi connectivity index (χ0) is 9.61. The van der Waals surface area contributed by atoms with E-state index in [4.69, 9.17) is 27.2 Å². The average Bonchev–Trinajstić information content (AvgIpc) is 2.04. The number of rotatable bonds is 5. The van der Waals surface area contributed by atoms with Gasteiger partial charge in [-0.2, -0.15) is 0 Å². The highest BCUT2D eigenvalue weighted by molar-refractivity contribution is 7.56. The van der Waals surface area contributed by atoms with Crippen molar-refractivity contribution in [1.29, 1.82) is 0 Å². The quantitative estimate of drug-likeness (QED) is 0.304. The predicted molar refractivity (Wildman–Crippen MR) is 47.1 cm³/mol. The van der Waals surface area contributed by atoms with Crippen LogP contribution in [0.15, 0.2) is 0 Å². The second kappa shape index (κ2) is 5.55. The first-order chi connectivity index (χ1) is 5.60. The maximum absolute atomic E-state index is 11.6. The maximum Gasteiger partial charge on any atom is 0.429 e. The van der Waals surface area contributed by atoms with Gasteiger partial charge < -0.3 is 9.05 Å². The molecule has 0 rings (SSSR count). The summed E-state index contributed by atoms with van der Waals surface area (Å²) >= 11 is 5.46. The van der Waals surface area contributed by atoms with Crippen LogP contribution in [0.25, 0.3) is 4.85 Å². The van der Waals surface area contributed by atoms with Crippen LogP contribution in [0, 0.1) is 6.57 Å². The Labute approximate surface area is 77.2 Å². The van der Waals surface area contributed by atoms with Gasteiger partial charge in [-0.15, -0.1) is 0 Å². The molecule has 0 saturated heterocycles. The molecule has 0 aromatic rings. The van der Waals surface area contributed by atoms with Crippen molar-refractivity contribution < 1.29 is 13.6 Å². The van der Waals surface area contributed by atoms with E-state index in [2.05, 4.69) is 4.85 Å². The number of alkyl halides is 1. The Morgan fingerprint density at radius 3 is 2.17 bits per heavy atom. The van der Waals surface area contributed by atoms with E-state index < -0.39 is 12.8 Å². The molecule has 4 nitrogen and oxygen atoms in total.